The fraction of sp³-hybridized carbons (Fsp3) is 0.455. The Morgan fingerprint density at radius 3 is 2.56 bits per heavy atom. The quantitative estimate of drug-likeness (QED) is 0.856. The number of imidazole rings is 1. The molecule has 0 unspecified atom stereocenters. The summed E-state index contributed by atoms with van der Waals surface area (Å²) in [5.74, 6) is 1.16. The molecule has 2 N–H and O–H groups in total. The van der Waals surface area contributed by atoms with E-state index in [0.29, 0.717) is 6.42 Å². The number of H-pyrrole nitrogens is 1. The average Bonchev–Trinajstić information content (AvgIpc) is 3.31. The molecule has 1 aromatic heterocycles. The molecule has 0 amide bonds. The third-order valence-corrected chi connectivity index (χ3v) is 5.96. The molecule has 0 spiro atoms. The van der Waals surface area contributed by atoms with Crippen LogP contribution in [0.4, 0.5) is 5.69 Å². The summed E-state index contributed by atoms with van der Waals surface area (Å²) in [6.45, 7) is 6.47. The molecule has 140 valence electrons. The van der Waals surface area contributed by atoms with Gasteiger partial charge in [0.15, 0.2) is 5.78 Å². The van der Waals surface area contributed by atoms with Gasteiger partial charge in [0.25, 0.3) is 0 Å². The molecule has 1 aromatic carbocycles. The number of carbonyl (C=O) groups excluding carboxylic acids is 1. The fourth-order valence-corrected chi connectivity index (χ4v) is 4.57. The number of Topliss-reactive ketones (excluding diaryl/α,β-unsaturated/α-hetero) is 1. The number of aromatic nitrogens is 2. The molecule has 0 saturated carbocycles. The van der Waals surface area contributed by atoms with Gasteiger partial charge in [0.1, 0.15) is 5.82 Å². The molecule has 1 saturated heterocycles. The molecule has 5 heteroatoms. The van der Waals surface area contributed by atoms with Crippen LogP contribution in [-0.4, -0.2) is 34.4 Å². The SMILES string of the molecule is CC1(C)CC(=O)C2=C(N1)c1[nH]c(-c3ccc(N4CCCC4)cc3)nc1CC2. The Kier molecular flexibility index (Phi) is 3.67. The van der Waals surface area contributed by atoms with Crippen LogP contribution < -0.4 is 10.2 Å². The lowest BCUT2D eigenvalue weighted by Crippen LogP contribution is -2.45. The van der Waals surface area contributed by atoms with Crippen molar-refractivity contribution in [2.75, 3.05) is 18.0 Å². The second-order valence-electron chi connectivity index (χ2n) is 8.61. The predicted molar refractivity (Wildman–Crippen MR) is 108 cm³/mol. The van der Waals surface area contributed by atoms with Crippen molar-refractivity contribution in [1.82, 2.24) is 15.3 Å². The van der Waals surface area contributed by atoms with E-state index >= 15 is 0 Å². The second-order valence-corrected chi connectivity index (χ2v) is 8.61. The smallest absolute Gasteiger partial charge is 0.163 e. The maximum absolute atomic E-state index is 12.6. The first-order valence-corrected chi connectivity index (χ1v) is 9.99. The van der Waals surface area contributed by atoms with Gasteiger partial charge in [-0.3, -0.25) is 4.79 Å². The number of allylic oxidation sites excluding steroid dienone is 1. The van der Waals surface area contributed by atoms with E-state index in [1.54, 1.807) is 0 Å². The van der Waals surface area contributed by atoms with Gasteiger partial charge in [0.05, 0.1) is 17.1 Å². The van der Waals surface area contributed by atoms with Crippen LogP contribution in [0.5, 0.6) is 0 Å². The number of ketones is 1. The summed E-state index contributed by atoms with van der Waals surface area (Å²) in [5.41, 5.74) is 6.12. The van der Waals surface area contributed by atoms with E-state index < -0.39 is 0 Å². The largest absolute Gasteiger partial charge is 0.378 e. The highest BCUT2D eigenvalue weighted by molar-refractivity contribution is 6.05. The van der Waals surface area contributed by atoms with Crippen LogP contribution in [0.3, 0.4) is 0 Å². The number of nitrogens with one attached hydrogen (secondary N) is 2. The summed E-state index contributed by atoms with van der Waals surface area (Å²) in [6.07, 6.45) is 4.73. The van der Waals surface area contributed by atoms with Crippen molar-refractivity contribution in [3.8, 4) is 11.4 Å². The molecule has 2 aromatic rings. The van der Waals surface area contributed by atoms with Crippen LogP contribution in [0.15, 0.2) is 29.8 Å². The molecular weight excluding hydrogens is 336 g/mol. The van der Waals surface area contributed by atoms with Crippen molar-refractivity contribution in [1.29, 1.82) is 0 Å². The van der Waals surface area contributed by atoms with Crippen molar-refractivity contribution < 1.29 is 4.79 Å². The van der Waals surface area contributed by atoms with E-state index in [4.69, 9.17) is 4.98 Å². The molecule has 0 radical (unpaired) electrons. The lowest BCUT2D eigenvalue weighted by atomic mass is 9.83. The molecule has 3 aliphatic rings. The normalized spacial score (nSPS) is 21.1. The lowest BCUT2D eigenvalue weighted by molar-refractivity contribution is -0.117. The first kappa shape index (κ1) is 16.6. The third kappa shape index (κ3) is 2.85. The summed E-state index contributed by atoms with van der Waals surface area (Å²) in [6, 6.07) is 8.68. The summed E-state index contributed by atoms with van der Waals surface area (Å²) in [5, 5.41) is 3.57. The van der Waals surface area contributed by atoms with Gasteiger partial charge in [0, 0.05) is 41.9 Å². The molecule has 5 nitrogen and oxygen atoms in total. The topological polar surface area (TPSA) is 61.0 Å². The third-order valence-electron chi connectivity index (χ3n) is 5.96. The summed E-state index contributed by atoms with van der Waals surface area (Å²) in [7, 11) is 0. The van der Waals surface area contributed by atoms with E-state index in [-0.39, 0.29) is 11.3 Å². The molecule has 0 bridgehead atoms. The summed E-state index contributed by atoms with van der Waals surface area (Å²) < 4.78 is 0. The first-order chi connectivity index (χ1) is 13.0. The Morgan fingerprint density at radius 2 is 1.81 bits per heavy atom. The van der Waals surface area contributed by atoms with Crippen molar-refractivity contribution in [3.63, 3.8) is 0 Å². The van der Waals surface area contributed by atoms with Gasteiger partial charge in [-0.1, -0.05) is 0 Å². The number of carbonyl (C=O) groups is 1. The number of benzene rings is 1. The van der Waals surface area contributed by atoms with Gasteiger partial charge >= 0.3 is 0 Å². The number of aromatic amines is 1. The van der Waals surface area contributed by atoms with Crippen LogP contribution in [0, 0.1) is 0 Å². The van der Waals surface area contributed by atoms with Crippen molar-refractivity contribution in [2.24, 2.45) is 0 Å². The lowest BCUT2D eigenvalue weighted by Gasteiger charge is -2.36. The van der Waals surface area contributed by atoms with Crippen LogP contribution in [0.1, 0.15) is 50.9 Å². The summed E-state index contributed by atoms with van der Waals surface area (Å²) >= 11 is 0. The molecule has 5 rings (SSSR count). The van der Waals surface area contributed by atoms with Crippen LogP contribution in [0.2, 0.25) is 0 Å². The molecule has 27 heavy (non-hydrogen) atoms. The first-order valence-electron chi connectivity index (χ1n) is 9.99. The molecule has 0 atom stereocenters. The summed E-state index contributed by atoms with van der Waals surface area (Å²) in [4.78, 5) is 23.4. The maximum atomic E-state index is 12.6. The van der Waals surface area contributed by atoms with Gasteiger partial charge in [-0.15, -0.1) is 0 Å². The maximum Gasteiger partial charge on any atom is 0.163 e. The van der Waals surface area contributed by atoms with Crippen LogP contribution in [0.25, 0.3) is 17.1 Å². The highest BCUT2D eigenvalue weighted by atomic mass is 16.1. The number of nitrogens with zero attached hydrogens (tertiary/aromatic N) is 2. The number of hydrogen-bond acceptors (Lipinski definition) is 4. The van der Waals surface area contributed by atoms with Gasteiger partial charge < -0.3 is 15.2 Å². The Balaban J connectivity index is 1.48. The van der Waals surface area contributed by atoms with Gasteiger partial charge in [-0.05, 0) is 63.8 Å². The average molecular weight is 362 g/mol. The van der Waals surface area contributed by atoms with E-state index in [9.17, 15) is 4.79 Å². The zero-order valence-electron chi connectivity index (χ0n) is 16.1. The number of rotatable bonds is 2. The Hall–Kier alpha value is -2.56. The van der Waals surface area contributed by atoms with Crippen molar-refractivity contribution >= 4 is 17.2 Å². The fourth-order valence-electron chi connectivity index (χ4n) is 4.57. The number of hydrogen-bond donors (Lipinski definition) is 2. The van der Waals surface area contributed by atoms with E-state index in [1.165, 1.54) is 18.5 Å². The minimum absolute atomic E-state index is 0.215. The van der Waals surface area contributed by atoms with E-state index in [2.05, 4.69) is 53.3 Å². The number of anilines is 1. The second kappa shape index (κ2) is 5.98. The van der Waals surface area contributed by atoms with Crippen LogP contribution >= 0.6 is 0 Å². The molecule has 1 fully saturated rings. The Morgan fingerprint density at radius 1 is 1.07 bits per heavy atom. The minimum Gasteiger partial charge on any atom is -0.378 e. The Labute approximate surface area is 159 Å². The predicted octanol–water partition coefficient (Wildman–Crippen LogP) is 3.68. The standard InChI is InChI=1S/C22H26N4O/c1-22(2)13-18(27)16-9-10-17-20(19(16)25-22)24-21(23-17)14-5-7-15(8-6-14)26-11-3-4-12-26/h5-8,25H,3-4,9-13H2,1-2H3,(H,23,24). The zero-order chi connectivity index (χ0) is 18.6. The molecular formula is C22H26N4O. The van der Waals surface area contributed by atoms with Gasteiger partial charge in [-0.2, -0.15) is 0 Å². The Bertz CT molecular complexity index is 930. The number of fused-ring (bicyclic) bond motifs is 2. The highest BCUT2D eigenvalue weighted by Crippen LogP contribution is 2.37. The van der Waals surface area contributed by atoms with Crippen molar-refractivity contribution in [2.45, 2.75) is 51.5 Å². The zero-order valence-corrected chi connectivity index (χ0v) is 16.1. The van der Waals surface area contributed by atoms with E-state index in [0.717, 1.165) is 60.0 Å². The van der Waals surface area contributed by atoms with Gasteiger partial charge in [0.2, 0.25) is 0 Å². The number of aryl methyl sites for hydroxylation is 1. The van der Waals surface area contributed by atoms with E-state index in [1.807, 2.05) is 0 Å². The van der Waals surface area contributed by atoms with Gasteiger partial charge in [-0.25, -0.2) is 4.98 Å². The molecule has 3 heterocycles. The minimum atomic E-state index is -0.215. The van der Waals surface area contributed by atoms with Crippen molar-refractivity contribution in [3.05, 3.63) is 41.2 Å². The van der Waals surface area contributed by atoms with Crippen LogP contribution in [-0.2, 0) is 11.2 Å². The highest BCUT2D eigenvalue weighted by Gasteiger charge is 2.36. The molecule has 2 aliphatic heterocycles. The monoisotopic (exact) mass is 362 g/mol. The molecule has 1 aliphatic carbocycles.